The number of hydrogen-bond donors (Lipinski definition) is 0. The summed E-state index contributed by atoms with van der Waals surface area (Å²) in [5.74, 6) is -0.00753. The van der Waals surface area contributed by atoms with Gasteiger partial charge in [0.2, 0.25) is 9.05 Å². The number of nitrogens with zero attached hydrogens (tertiary/aromatic N) is 1. The average molecular weight is 208 g/mol. The van der Waals surface area contributed by atoms with Crippen LogP contribution in [0.2, 0.25) is 0 Å². The molecule has 0 fully saturated rings. The maximum Gasteiger partial charge on any atom is 0.232 e. The number of rotatable bonds is 3. The summed E-state index contributed by atoms with van der Waals surface area (Å²) in [5.41, 5.74) is 0.972. The minimum absolute atomic E-state index is 0.00753. The van der Waals surface area contributed by atoms with E-state index in [4.69, 9.17) is 10.7 Å². The number of aromatic nitrogens is 1. The van der Waals surface area contributed by atoms with Gasteiger partial charge in [-0.15, -0.1) is 0 Å². The van der Waals surface area contributed by atoms with Gasteiger partial charge in [0.1, 0.15) is 0 Å². The molecule has 0 N–H and O–H groups in total. The molecule has 1 aromatic heterocycles. The Balaban J connectivity index is 2.61. The minimum Gasteiger partial charge on any atom is -0.354 e. The first-order chi connectivity index (χ1) is 5.49. The molecule has 0 aliphatic carbocycles. The lowest BCUT2D eigenvalue weighted by molar-refractivity contribution is 0.608. The standard InChI is InChI=1S/C7H10ClNO2S/c1-9-5-2-3-7(9)4-6-12(8,10)11/h2-3,5H,4,6H2,1H3. The van der Waals surface area contributed by atoms with Crippen LogP contribution in [0.1, 0.15) is 5.69 Å². The van der Waals surface area contributed by atoms with E-state index < -0.39 is 9.05 Å². The summed E-state index contributed by atoms with van der Waals surface area (Å²) in [6.07, 6.45) is 2.34. The van der Waals surface area contributed by atoms with E-state index in [2.05, 4.69) is 0 Å². The molecule has 0 atom stereocenters. The van der Waals surface area contributed by atoms with Gasteiger partial charge in [-0.05, 0) is 12.1 Å². The topological polar surface area (TPSA) is 39.1 Å². The van der Waals surface area contributed by atoms with Crippen molar-refractivity contribution in [3.05, 3.63) is 24.0 Å². The quantitative estimate of drug-likeness (QED) is 0.698. The fraction of sp³-hybridized carbons (Fsp3) is 0.429. The zero-order valence-corrected chi connectivity index (χ0v) is 8.27. The van der Waals surface area contributed by atoms with E-state index in [-0.39, 0.29) is 5.75 Å². The molecule has 0 spiro atoms. The summed E-state index contributed by atoms with van der Waals surface area (Å²) in [4.78, 5) is 0. The van der Waals surface area contributed by atoms with Gasteiger partial charge in [0.25, 0.3) is 0 Å². The van der Waals surface area contributed by atoms with Crippen LogP contribution in [-0.4, -0.2) is 18.7 Å². The second kappa shape index (κ2) is 3.49. The fourth-order valence-corrected chi connectivity index (χ4v) is 1.67. The lowest BCUT2D eigenvalue weighted by atomic mass is 10.3. The van der Waals surface area contributed by atoms with E-state index in [0.29, 0.717) is 6.42 Å². The van der Waals surface area contributed by atoms with Crippen LogP contribution < -0.4 is 0 Å². The maximum absolute atomic E-state index is 10.6. The van der Waals surface area contributed by atoms with Crippen molar-refractivity contribution in [2.24, 2.45) is 7.05 Å². The first kappa shape index (κ1) is 9.61. The van der Waals surface area contributed by atoms with E-state index >= 15 is 0 Å². The van der Waals surface area contributed by atoms with Gasteiger partial charge in [-0.3, -0.25) is 0 Å². The third-order valence-electron chi connectivity index (χ3n) is 1.65. The predicted octanol–water partition coefficient (Wildman–Crippen LogP) is 1.14. The molecule has 0 aliphatic rings. The van der Waals surface area contributed by atoms with Gasteiger partial charge < -0.3 is 4.57 Å². The van der Waals surface area contributed by atoms with Crippen LogP contribution >= 0.6 is 10.7 Å². The zero-order valence-electron chi connectivity index (χ0n) is 6.70. The molecule has 0 radical (unpaired) electrons. The summed E-state index contributed by atoms with van der Waals surface area (Å²) in [6, 6.07) is 3.75. The molecule has 1 heterocycles. The number of aryl methyl sites for hydroxylation is 2. The normalized spacial score (nSPS) is 11.8. The van der Waals surface area contributed by atoms with Gasteiger partial charge in [0.15, 0.2) is 0 Å². The Morgan fingerprint density at radius 1 is 1.58 bits per heavy atom. The van der Waals surface area contributed by atoms with Gasteiger partial charge in [-0.2, -0.15) is 0 Å². The lowest BCUT2D eigenvalue weighted by Gasteiger charge is -2.00. The Morgan fingerprint density at radius 2 is 2.25 bits per heavy atom. The highest BCUT2D eigenvalue weighted by molar-refractivity contribution is 8.13. The molecule has 3 nitrogen and oxygen atoms in total. The van der Waals surface area contributed by atoms with Crippen molar-refractivity contribution in [2.45, 2.75) is 6.42 Å². The molecule has 1 rings (SSSR count). The molecule has 0 aromatic carbocycles. The van der Waals surface area contributed by atoms with E-state index in [0.717, 1.165) is 5.69 Å². The van der Waals surface area contributed by atoms with Gasteiger partial charge in [0.05, 0.1) is 5.75 Å². The molecule has 0 amide bonds. The van der Waals surface area contributed by atoms with Crippen molar-refractivity contribution in [3.63, 3.8) is 0 Å². The summed E-state index contributed by atoms with van der Waals surface area (Å²) in [7, 11) is 3.58. The maximum atomic E-state index is 10.6. The van der Waals surface area contributed by atoms with Crippen LogP contribution in [0.15, 0.2) is 18.3 Å². The van der Waals surface area contributed by atoms with Gasteiger partial charge in [0, 0.05) is 36.0 Å². The Bertz CT molecular complexity index is 355. The summed E-state index contributed by atoms with van der Waals surface area (Å²) >= 11 is 0. The third kappa shape index (κ3) is 2.87. The van der Waals surface area contributed by atoms with Gasteiger partial charge >= 0.3 is 0 Å². The summed E-state index contributed by atoms with van der Waals surface area (Å²) in [6.45, 7) is 0. The second-order valence-corrected chi connectivity index (χ2v) is 5.50. The molecule has 0 saturated carbocycles. The minimum atomic E-state index is -3.36. The third-order valence-corrected chi connectivity index (χ3v) is 2.81. The fourth-order valence-electron chi connectivity index (χ4n) is 0.983. The van der Waals surface area contributed by atoms with Crippen molar-refractivity contribution in [2.75, 3.05) is 5.75 Å². The van der Waals surface area contributed by atoms with Crippen LogP contribution in [0.4, 0.5) is 0 Å². The largest absolute Gasteiger partial charge is 0.354 e. The van der Waals surface area contributed by atoms with Crippen LogP contribution in [0, 0.1) is 0 Å². The molecule has 1 aromatic rings. The number of halogens is 1. The van der Waals surface area contributed by atoms with Crippen molar-refractivity contribution in [1.29, 1.82) is 0 Å². The Labute approximate surface area is 76.4 Å². The van der Waals surface area contributed by atoms with Crippen molar-refractivity contribution < 1.29 is 8.42 Å². The molecule has 0 saturated heterocycles. The second-order valence-electron chi connectivity index (χ2n) is 2.60. The van der Waals surface area contributed by atoms with Crippen molar-refractivity contribution >= 4 is 19.7 Å². The molecule has 0 unspecified atom stereocenters. The Hall–Kier alpha value is -0.480. The highest BCUT2D eigenvalue weighted by atomic mass is 35.7. The van der Waals surface area contributed by atoms with E-state index in [9.17, 15) is 8.42 Å². The van der Waals surface area contributed by atoms with Gasteiger partial charge in [-0.25, -0.2) is 8.42 Å². The van der Waals surface area contributed by atoms with Crippen LogP contribution in [0.25, 0.3) is 0 Å². The smallest absolute Gasteiger partial charge is 0.232 e. The molecule has 0 bridgehead atoms. The van der Waals surface area contributed by atoms with Crippen molar-refractivity contribution in [3.8, 4) is 0 Å². The summed E-state index contributed by atoms with van der Waals surface area (Å²) in [5, 5.41) is 0. The predicted molar refractivity (Wildman–Crippen MR) is 48.8 cm³/mol. The summed E-state index contributed by atoms with van der Waals surface area (Å²) < 4.78 is 23.1. The highest BCUT2D eigenvalue weighted by Gasteiger charge is 2.06. The molecular formula is C7H10ClNO2S. The first-order valence-corrected chi connectivity index (χ1v) is 5.99. The van der Waals surface area contributed by atoms with Crippen molar-refractivity contribution in [1.82, 2.24) is 4.57 Å². The molecule has 5 heteroatoms. The Morgan fingerprint density at radius 3 is 2.67 bits per heavy atom. The average Bonchev–Trinajstić information content (AvgIpc) is 2.29. The zero-order chi connectivity index (χ0) is 9.19. The first-order valence-electron chi connectivity index (χ1n) is 3.51. The number of hydrogen-bond acceptors (Lipinski definition) is 2. The molecular weight excluding hydrogens is 198 g/mol. The lowest BCUT2D eigenvalue weighted by Crippen LogP contribution is -2.04. The Kier molecular flexibility index (Phi) is 2.80. The van der Waals surface area contributed by atoms with E-state index in [1.807, 2.05) is 29.9 Å². The van der Waals surface area contributed by atoms with Crippen LogP contribution in [-0.2, 0) is 22.5 Å². The highest BCUT2D eigenvalue weighted by Crippen LogP contribution is 2.04. The molecule has 68 valence electrons. The van der Waals surface area contributed by atoms with Crippen LogP contribution in [0.5, 0.6) is 0 Å². The SMILES string of the molecule is Cn1cccc1CCS(=O)(=O)Cl. The van der Waals surface area contributed by atoms with E-state index in [1.54, 1.807) is 0 Å². The molecule has 0 aliphatic heterocycles. The van der Waals surface area contributed by atoms with Gasteiger partial charge in [-0.1, -0.05) is 0 Å². The van der Waals surface area contributed by atoms with Crippen LogP contribution in [0.3, 0.4) is 0 Å². The monoisotopic (exact) mass is 207 g/mol. The van der Waals surface area contributed by atoms with E-state index in [1.165, 1.54) is 0 Å². The molecule has 12 heavy (non-hydrogen) atoms.